The van der Waals surface area contributed by atoms with Crippen molar-refractivity contribution < 1.29 is 14.3 Å². The third-order valence-electron chi connectivity index (χ3n) is 4.57. The number of piperazine rings is 1. The van der Waals surface area contributed by atoms with E-state index in [1.807, 2.05) is 32.0 Å². The zero-order valence-electron chi connectivity index (χ0n) is 16.6. The summed E-state index contributed by atoms with van der Waals surface area (Å²) in [5.74, 6) is -0.220. The molecule has 1 aliphatic rings. The van der Waals surface area contributed by atoms with Crippen LogP contribution < -0.4 is 15.0 Å². The summed E-state index contributed by atoms with van der Waals surface area (Å²) in [4.78, 5) is 32.9. The second-order valence-corrected chi connectivity index (χ2v) is 7.47. The average Bonchev–Trinajstić information content (AvgIpc) is 2.73. The van der Waals surface area contributed by atoms with Crippen LogP contribution in [0.5, 0.6) is 5.88 Å². The van der Waals surface area contributed by atoms with Crippen molar-refractivity contribution in [1.82, 2.24) is 15.2 Å². The molecule has 8 heteroatoms. The fourth-order valence-electron chi connectivity index (χ4n) is 3.08. The Bertz CT molecular complexity index is 852. The van der Waals surface area contributed by atoms with E-state index in [2.05, 4.69) is 27.3 Å². The molecule has 2 amide bonds. The molecule has 0 atom stereocenters. The minimum absolute atomic E-state index is 0.0635. The lowest BCUT2D eigenvalue weighted by molar-refractivity contribution is -0.130. The van der Waals surface area contributed by atoms with E-state index in [-0.39, 0.29) is 35.0 Å². The standard InChI is InChI=1S/C21H25ClN4O3/c1-15(2)29-21-18(22)12-16(13-24-21)20(28)23-14-19(27)26-10-8-25(9-11-26)17-6-4-3-5-7-17/h3-7,12-13,15H,8-11,14H2,1-2H3,(H,23,28). The van der Waals surface area contributed by atoms with Crippen LogP contribution in [0.4, 0.5) is 5.69 Å². The minimum atomic E-state index is -0.397. The zero-order chi connectivity index (χ0) is 20.8. The summed E-state index contributed by atoms with van der Waals surface area (Å²) in [6, 6.07) is 11.6. The summed E-state index contributed by atoms with van der Waals surface area (Å²) in [5.41, 5.74) is 1.44. The van der Waals surface area contributed by atoms with Gasteiger partial charge in [0.15, 0.2) is 0 Å². The molecule has 29 heavy (non-hydrogen) atoms. The SMILES string of the molecule is CC(C)Oc1ncc(C(=O)NCC(=O)N2CCN(c3ccccc3)CC2)cc1Cl. The molecule has 1 aromatic heterocycles. The summed E-state index contributed by atoms with van der Waals surface area (Å²) in [6.45, 7) is 6.44. The van der Waals surface area contributed by atoms with Crippen LogP contribution in [0.1, 0.15) is 24.2 Å². The van der Waals surface area contributed by atoms with Crippen molar-refractivity contribution in [3.63, 3.8) is 0 Å². The van der Waals surface area contributed by atoms with E-state index in [0.29, 0.717) is 13.1 Å². The number of anilines is 1. The highest BCUT2D eigenvalue weighted by molar-refractivity contribution is 6.32. The maximum Gasteiger partial charge on any atom is 0.253 e. The van der Waals surface area contributed by atoms with Gasteiger partial charge in [-0.25, -0.2) is 4.98 Å². The van der Waals surface area contributed by atoms with E-state index in [0.717, 1.165) is 18.8 Å². The fourth-order valence-corrected chi connectivity index (χ4v) is 3.29. The van der Waals surface area contributed by atoms with Gasteiger partial charge in [-0.2, -0.15) is 0 Å². The lowest BCUT2D eigenvalue weighted by Gasteiger charge is -2.36. The van der Waals surface area contributed by atoms with Crippen molar-refractivity contribution in [1.29, 1.82) is 0 Å². The molecular formula is C21H25ClN4O3. The number of carbonyl (C=O) groups excluding carboxylic acids is 2. The van der Waals surface area contributed by atoms with Crippen LogP contribution in [-0.4, -0.2) is 60.5 Å². The summed E-state index contributed by atoms with van der Waals surface area (Å²) in [7, 11) is 0. The monoisotopic (exact) mass is 416 g/mol. The zero-order valence-corrected chi connectivity index (χ0v) is 17.4. The molecule has 0 unspecified atom stereocenters. The molecule has 1 fully saturated rings. The summed E-state index contributed by atoms with van der Waals surface area (Å²) < 4.78 is 5.46. The Balaban J connectivity index is 1.48. The third kappa shape index (κ3) is 5.60. The molecule has 154 valence electrons. The van der Waals surface area contributed by atoms with Crippen molar-refractivity contribution >= 4 is 29.1 Å². The molecule has 0 saturated carbocycles. The second-order valence-electron chi connectivity index (χ2n) is 7.06. The van der Waals surface area contributed by atoms with Gasteiger partial charge in [-0.3, -0.25) is 9.59 Å². The lowest BCUT2D eigenvalue weighted by atomic mass is 10.2. The third-order valence-corrected chi connectivity index (χ3v) is 4.84. The van der Waals surface area contributed by atoms with Crippen molar-refractivity contribution in [3.05, 3.63) is 53.2 Å². The van der Waals surface area contributed by atoms with Gasteiger partial charge in [0.05, 0.1) is 18.2 Å². The van der Waals surface area contributed by atoms with Gasteiger partial charge in [0, 0.05) is 38.1 Å². The number of benzene rings is 1. The highest BCUT2D eigenvalue weighted by atomic mass is 35.5. The molecule has 0 bridgehead atoms. The number of carbonyl (C=O) groups is 2. The van der Waals surface area contributed by atoms with Crippen LogP contribution >= 0.6 is 11.6 Å². The number of ether oxygens (including phenoxy) is 1. The topological polar surface area (TPSA) is 74.8 Å². The van der Waals surface area contributed by atoms with Gasteiger partial charge >= 0.3 is 0 Å². The normalized spacial score (nSPS) is 14.1. The van der Waals surface area contributed by atoms with Crippen molar-refractivity contribution in [2.75, 3.05) is 37.6 Å². The maximum atomic E-state index is 12.5. The quantitative estimate of drug-likeness (QED) is 0.783. The van der Waals surface area contributed by atoms with Crippen LogP contribution in [0.15, 0.2) is 42.6 Å². The molecule has 3 rings (SSSR count). The van der Waals surface area contributed by atoms with E-state index in [1.54, 1.807) is 4.90 Å². The molecule has 1 aromatic carbocycles. The molecular weight excluding hydrogens is 392 g/mol. The van der Waals surface area contributed by atoms with Crippen molar-refractivity contribution in [2.24, 2.45) is 0 Å². The van der Waals surface area contributed by atoms with Crippen LogP contribution in [0.2, 0.25) is 5.02 Å². The minimum Gasteiger partial charge on any atom is -0.474 e. The number of para-hydroxylation sites is 1. The number of halogens is 1. The van der Waals surface area contributed by atoms with E-state index in [9.17, 15) is 9.59 Å². The Hall–Kier alpha value is -2.80. The molecule has 7 nitrogen and oxygen atoms in total. The second kappa shape index (κ2) is 9.60. The van der Waals surface area contributed by atoms with Gasteiger partial charge in [-0.1, -0.05) is 29.8 Å². The number of amides is 2. The number of hydrogen-bond donors (Lipinski definition) is 1. The number of nitrogens with one attached hydrogen (secondary N) is 1. The number of pyridine rings is 1. The van der Waals surface area contributed by atoms with E-state index < -0.39 is 5.91 Å². The first kappa shape index (κ1) is 20.9. The predicted octanol–water partition coefficient (Wildman–Crippen LogP) is 2.60. The summed E-state index contributed by atoms with van der Waals surface area (Å²) in [5, 5.41) is 2.90. The molecule has 1 N–H and O–H groups in total. The van der Waals surface area contributed by atoms with Crippen LogP contribution in [0, 0.1) is 0 Å². The van der Waals surface area contributed by atoms with Gasteiger partial charge < -0.3 is 19.9 Å². The number of aromatic nitrogens is 1. The van der Waals surface area contributed by atoms with Gasteiger partial charge in [0.2, 0.25) is 11.8 Å². The van der Waals surface area contributed by atoms with Gasteiger partial charge in [-0.15, -0.1) is 0 Å². The first-order valence-corrected chi connectivity index (χ1v) is 10.00. The molecule has 0 aliphatic carbocycles. The predicted molar refractivity (Wildman–Crippen MR) is 113 cm³/mol. The molecule has 2 heterocycles. The van der Waals surface area contributed by atoms with Gasteiger partial charge in [0.1, 0.15) is 5.02 Å². The van der Waals surface area contributed by atoms with E-state index in [1.165, 1.54) is 12.3 Å². The largest absolute Gasteiger partial charge is 0.474 e. The molecule has 1 aliphatic heterocycles. The van der Waals surface area contributed by atoms with Crippen LogP contribution in [0.3, 0.4) is 0 Å². The highest BCUT2D eigenvalue weighted by Gasteiger charge is 2.22. The highest BCUT2D eigenvalue weighted by Crippen LogP contribution is 2.23. The maximum absolute atomic E-state index is 12.5. The number of hydrogen-bond acceptors (Lipinski definition) is 5. The summed E-state index contributed by atoms with van der Waals surface area (Å²) in [6.07, 6.45) is 1.32. The Kier molecular flexibility index (Phi) is 6.93. The first-order valence-electron chi connectivity index (χ1n) is 9.62. The molecule has 0 radical (unpaired) electrons. The van der Waals surface area contributed by atoms with Crippen molar-refractivity contribution in [2.45, 2.75) is 20.0 Å². The molecule has 2 aromatic rings. The number of nitrogens with zero attached hydrogens (tertiary/aromatic N) is 3. The van der Waals surface area contributed by atoms with Crippen LogP contribution in [0.25, 0.3) is 0 Å². The Labute approximate surface area is 175 Å². The lowest BCUT2D eigenvalue weighted by Crippen LogP contribution is -2.51. The molecule has 1 saturated heterocycles. The smallest absolute Gasteiger partial charge is 0.253 e. The van der Waals surface area contributed by atoms with E-state index >= 15 is 0 Å². The Morgan fingerprint density at radius 3 is 2.48 bits per heavy atom. The molecule has 0 spiro atoms. The van der Waals surface area contributed by atoms with E-state index in [4.69, 9.17) is 16.3 Å². The Morgan fingerprint density at radius 1 is 1.17 bits per heavy atom. The van der Waals surface area contributed by atoms with Gasteiger partial charge in [-0.05, 0) is 32.0 Å². The average molecular weight is 417 g/mol. The number of rotatable bonds is 6. The summed E-state index contributed by atoms with van der Waals surface area (Å²) >= 11 is 6.12. The van der Waals surface area contributed by atoms with Crippen LogP contribution in [-0.2, 0) is 4.79 Å². The first-order chi connectivity index (χ1) is 13.9. The van der Waals surface area contributed by atoms with Crippen molar-refractivity contribution in [3.8, 4) is 5.88 Å². The fraction of sp³-hybridized carbons (Fsp3) is 0.381. The van der Waals surface area contributed by atoms with Gasteiger partial charge in [0.25, 0.3) is 5.91 Å². The Morgan fingerprint density at radius 2 is 1.86 bits per heavy atom.